The molecule has 0 unspecified atom stereocenters. The molecule has 114 valence electrons. The summed E-state index contributed by atoms with van der Waals surface area (Å²) in [6, 6.07) is 10.5. The number of nitro groups is 1. The normalized spacial score (nSPS) is 10.3. The Morgan fingerprint density at radius 3 is 2.41 bits per heavy atom. The summed E-state index contributed by atoms with van der Waals surface area (Å²) in [5, 5.41) is 11.2. The topological polar surface area (TPSA) is 69.4 Å². The molecule has 8 heteroatoms. The van der Waals surface area contributed by atoms with Crippen LogP contribution in [0.5, 0.6) is 5.75 Å². The van der Waals surface area contributed by atoms with Crippen molar-refractivity contribution in [2.45, 2.75) is 4.90 Å². The van der Waals surface area contributed by atoms with Gasteiger partial charge < -0.3 is 4.74 Å². The van der Waals surface area contributed by atoms with Crippen molar-refractivity contribution < 1.29 is 14.5 Å². The van der Waals surface area contributed by atoms with E-state index in [0.717, 1.165) is 4.90 Å². The highest BCUT2D eigenvalue weighted by Crippen LogP contribution is 2.27. The lowest BCUT2D eigenvalue weighted by atomic mass is 10.3. The van der Waals surface area contributed by atoms with Gasteiger partial charge in [-0.25, -0.2) is 0 Å². The van der Waals surface area contributed by atoms with Crippen LogP contribution in [0.15, 0.2) is 47.4 Å². The van der Waals surface area contributed by atoms with Crippen molar-refractivity contribution in [1.82, 2.24) is 0 Å². The summed E-state index contributed by atoms with van der Waals surface area (Å²) in [5.74, 6) is -0.0802. The van der Waals surface area contributed by atoms with Crippen LogP contribution in [0.4, 0.5) is 5.69 Å². The fourth-order valence-corrected chi connectivity index (χ4v) is 2.47. The molecule has 0 amide bonds. The third-order valence-corrected chi connectivity index (χ3v) is 4.25. The summed E-state index contributed by atoms with van der Waals surface area (Å²) in [4.78, 5) is 22.5. The number of non-ortho nitro benzene ring substituents is 1. The highest BCUT2D eigenvalue weighted by molar-refractivity contribution is 8.00. The molecule has 0 saturated heterocycles. The molecule has 0 spiro atoms. The molecule has 2 rings (SSSR count). The van der Waals surface area contributed by atoms with Crippen molar-refractivity contribution in [3.8, 4) is 5.75 Å². The Labute approximate surface area is 140 Å². The molecule has 0 heterocycles. The molecule has 0 aliphatic rings. The lowest BCUT2D eigenvalue weighted by Crippen LogP contribution is -2.10. The Balaban J connectivity index is 1.89. The Bertz CT molecular complexity index is 706. The SMILES string of the molecule is O=C(CSc1ccc([N+](=O)[O-])cc1)Oc1ccc(Cl)c(Cl)c1. The van der Waals surface area contributed by atoms with E-state index in [1.54, 1.807) is 18.2 Å². The zero-order valence-corrected chi connectivity index (χ0v) is 13.3. The highest BCUT2D eigenvalue weighted by Gasteiger charge is 2.09. The standard InChI is InChI=1S/C14H9Cl2NO4S/c15-12-6-3-10(7-13(12)16)21-14(18)8-22-11-4-1-9(2-5-11)17(19)20/h1-7H,8H2. The van der Waals surface area contributed by atoms with E-state index in [-0.39, 0.29) is 11.4 Å². The van der Waals surface area contributed by atoms with Gasteiger partial charge in [0.2, 0.25) is 0 Å². The molecule has 0 N–H and O–H groups in total. The second kappa shape index (κ2) is 7.49. The number of benzene rings is 2. The maximum absolute atomic E-state index is 11.7. The van der Waals surface area contributed by atoms with Gasteiger partial charge in [-0.2, -0.15) is 0 Å². The third kappa shape index (κ3) is 4.62. The molecular weight excluding hydrogens is 349 g/mol. The number of carbonyl (C=O) groups is 1. The maximum Gasteiger partial charge on any atom is 0.321 e. The maximum atomic E-state index is 11.7. The minimum absolute atomic E-state index is 0.00253. The first-order valence-electron chi connectivity index (χ1n) is 5.98. The summed E-state index contributed by atoms with van der Waals surface area (Å²) < 4.78 is 5.12. The molecule has 0 fully saturated rings. The molecule has 2 aromatic carbocycles. The number of esters is 1. The van der Waals surface area contributed by atoms with Gasteiger partial charge in [-0.15, -0.1) is 11.8 Å². The predicted molar refractivity (Wildman–Crippen MR) is 85.9 cm³/mol. The van der Waals surface area contributed by atoms with Gasteiger partial charge in [0.15, 0.2) is 0 Å². The van der Waals surface area contributed by atoms with E-state index in [9.17, 15) is 14.9 Å². The number of halogens is 2. The Kier molecular flexibility index (Phi) is 5.65. The van der Waals surface area contributed by atoms with Crippen molar-refractivity contribution in [3.63, 3.8) is 0 Å². The highest BCUT2D eigenvalue weighted by atomic mass is 35.5. The largest absolute Gasteiger partial charge is 0.426 e. The minimum Gasteiger partial charge on any atom is -0.426 e. The van der Waals surface area contributed by atoms with Gasteiger partial charge >= 0.3 is 5.97 Å². The molecule has 0 atom stereocenters. The number of rotatable bonds is 5. The second-order valence-electron chi connectivity index (χ2n) is 4.09. The molecule has 2 aromatic rings. The zero-order valence-electron chi connectivity index (χ0n) is 11.0. The van der Waals surface area contributed by atoms with Crippen molar-refractivity contribution >= 4 is 46.6 Å². The van der Waals surface area contributed by atoms with Gasteiger partial charge in [-0.05, 0) is 24.3 Å². The summed E-state index contributed by atoms with van der Waals surface area (Å²) in [6.07, 6.45) is 0. The summed E-state index contributed by atoms with van der Waals surface area (Å²) in [5.41, 5.74) is 0.00253. The first kappa shape index (κ1) is 16.6. The van der Waals surface area contributed by atoms with E-state index in [1.165, 1.54) is 36.0 Å². The van der Waals surface area contributed by atoms with Crippen LogP contribution >= 0.6 is 35.0 Å². The average Bonchev–Trinajstić information content (AvgIpc) is 2.49. The average molecular weight is 358 g/mol. The van der Waals surface area contributed by atoms with Gasteiger partial charge in [0, 0.05) is 23.1 Å². The molecule has 0 aliphatic heterocycles. The van der Waals surface area contributed by atoms with Crippen molar-refractivity contribution in [2.24, 2.45) is 0 Å². The lowest BCUT2D eigenvalue weighted by molar-refractivity contribution is -0.384. The smallest absolute Gasteiger partial charge is 0.321 e. The van der Waals surface area contributed by atoms with Crippen molar-refractivity contribution in [3.05, 3.63) is 62.6 Å². The van der Waals surface area contributed by atoms with Gasteiger partial charge in [-0.3, -0.25) is 14.9 Å². The van der Waals surface area contributed by atoms with E-state index in [2.05, 4.69) is 0 Å². The van der Waals surface area contributed by atoms with Gasteiger partial charge in [-0.1, -0.05) is 23.2 Å². The Morgan fingerprint density at radius 2 is 1.82 bits per heavy atom. The van der Waals surface area contributed by atoms with Gasteiger partial charge in [0.25, 0.3) is 5.69 Å². The number of hydrogen-bond acceptors (Lipinski definition) is 5. The van der Waals surface area contributed by atoms with Crippen LogP contribution in [0.3, 0.4) is 0 Å². The molecule has 22 heavy (non-hydrogen) atoms. The quantitative estimate of drug-likeness (QED) is 0.257. The van der Waals surface area contributed by atoms with Crippen LogP contribution in [0, 0.1) is 10.1 Å². The van der Waals surface area contributed by atoms with E-state index in [4.69, 9.17) is 27.9 Å². The summed E-state index contributed by atoms with van der Waals surface area (Å²) >= 11 is 12.8. The van der Waals surface area contributed by atoms with Gasteiger partial charge in [0.05, 0.1) is 20.7 Å². The molecule has 0 bridgehead atoms. The number of ether oxygens (including phenoxy) is 1. The van der Waals surface area contributed by atoms with Crippen LogP contribution in [-0.2, 0) is 4.79 Å². The molecule has 0 aliphatic carbocycles. The fraction of sp³-hybridized carbons (Fsp3) is 0.0714. The van der Waals surface area contributed by atoms with Crippen molar-refractivity contribution in [2.75, 3.05) is 5.75 Å². The third-order valence-electron chi connectivity index (χ3n) is 2.53. The lowest BCUT2D eigenvalue weighted by Gasteiger charge is -2.05. The van der Waals surface area contributed by atoms with Crippen LogP contribution in [0.25, 0.3) is 0 Å². The number of nitro benzene ring substituents is 1. The van der Waals surface area contributed by atoms with Crippen LogP contribution in [-0.4, -0.2) is 16.6 Å². The summed E-state index contributed by atoms with van der Waals surface area (Å²) in [7, 11) is 0. The first-order chi connectivity index (χ1) is 10.5. The number of nitrogens with zero attached hydrogens (tertiary/aromatic N) is 1. The number of thioether (sulfide) groups is 1. The monoisotopic (exact) mass is 357 g/mol. The van der Waals surface area contributed by atoms with Crippen LogP contribution < -0.4 is 4.74 Å². The fourth-order valence-electron chi connectivity index (χ4n) is 1.51. The molecule has 5 nitrogen and oxygen atoms in total. The van der Waals surface area contributed by atoms with E-state index in [0.29, 0.717) is 15.8 Å². The van der Waals surface area contributed by atoms with Crippen molar-refractivity contribution in [1.29, 1.82) is 0 Å². The molecule has 0 saturated carbocycles. The zero-order chi connectivity index (χ0) is 16.1. The summed E-state index contributed by atoms with van der Waals surface area (Å²) in [6.45, 7) is 0. The van der Waals surface area contributed by atoms with Crippen LogP contribution in [0.1, 0.15) is 0 Å². The van der Waals surface area contributed by atoms with E-state index < -0.39 is 10.9 Å². The first-order valence-corrected chi connectivity index (χ1v) is 7.73. The Morgan fingerprint density at radius 1 is 1.14 bits per heavy atom. The van der Waals surface area contributed by atoms with Gasteiger partial charge in [0.1, 0.15) is 5.75 Å². The molecule has 0 aromatic heterocycles. The second-order valence-corrected chi connectivity index (χ2v) is 5.95. The van der Waals surface area contributed by atoms with E-state index in [1.807, 2.05) is 0 Å². The molecular formula is C14H9Cl2NO4S. The number of carbonyl (C=O) groups excluding carboxylic acids is 1. The number of hydrogen-bond donors (Lipinski definition) is 0. The Hall–Kier alpha value is -1.76. The van der Waals surface area contributed by atoms with E-state index >= 15 is 0 Å². The van der Waals surface area contributed by atoms with Crippen LogP contribution in [0.2, 0.25) is 10.0 Å². The predicted octanol–water partition coefficient (Wildman–Crippen LogP) is 4.60. The minimum atomic E-state index is -0.479. The molecule has 0 radical (unpaired) electrons.